The fourth-order valence-corrected chi connectivity index (χ4v) is 5.49. The second-order valence-electron chi connectivity index (χ2n) is 5.30. The number of halogens is 1. The second kappa shape index (κ2) is 9.25. The van der Waals surface area contributed by atoms with E-state index < -0.39 is 16.1 Å². The number of unbranched alkanes of at least 4 members (excludes halogenated alkanes) is 3. The van der Waals surface area contributed by atoms with Gasteiger partial charge in [-0.2, -0.15) is 0 Å². The molecular formula is C14H24BrNO3S2. The van der Waals surface area contributed by atoms with Crippen molar-refractivity contribution in [3.63, 3.8) is 0 Å². The highest BCUT2D eigenvalue weighted by Gasteiger charge is 2.24. The minimum absolute atomic E-state index is 0.116. The van der Waals surface area contributed by atoms with E-state index in [1.165, 1.54) is 24.2 Å². The Labute approximate surface area is 140 Å². The lowest BCUT2D eigenvalue weighted by atomic mass is 9.96. The summed E-state index contributed by atoms with van der Waals surface area (Å²) in [6.07, 6.45) is 5.52. The van der Waals surface area contributed by atoms with E-state index in [9.17, 15) is 13.5 Å². The van der Waals surface area contributed by atoms with Gasteiger partial charge in [-0.3, -0.25) is 0 Å². The van der Waals surface area contributed by atoms with Crippen LogP contribution in [0, 0.1) is 5.92 Å². The summed E-state index contributed by atoms with van der Waals surface area (Å²) in [7, 11) is -3.55. The highest BCUT2D eigenvalue weighted by Crippen LogP contribution is 2.26. The summed E-state index contributed by atoms with van der Waals surface area (Å²) in [5.41, 5.74) is 0. The Kier molecular flexibility index (Phi) is 8.41. The molecule has 0 spiro atoms. The van der Waals surface area contributed by atoms with E-state index >= 15 is 0 Å². The molecule has 0 aliphatic heterocycles. The molecule has 21 heavy (non-hydrogen) atoms. The van der Waals surface area contributed by atoms with Gasteiger partial charge in [-0.05, 0) is 40.4 Å². The molecule has 4 nitrogen and oxygen atoms in total. The summed E-state index contributed by atoms with van der Waals surface area (Å²) in [4.78, 5) is 0. The molecule has 1 aromatic heterocycles. The molecule has 0 aliphatic carbocycles. The molecule has 1 rings (SSSR count). The first-order chi connectivity index (χ1) is 9.90. The Hall–Kier alpha value is 0.0500. The summed E-state index contributed by atoms with van der Waals surface area (Å²) < 4.78 is 28.2. The molecule has 2 N–H and O–H groups in total. The van der Waals surface area contributed by atoms with Crippen molar-refractivity contribution in [2.75, 3.05) is 6.61 Å². The highest BCUT2D eigenvalue weighted by molar-refractivity contribution is 9.11. The van der Waals surface area contributed by atoms with E-state index in [1.807, 2.05) is 6.92 Å². The van der Waals surface area contributed by atoms with Crippen molar-refractivity contribution in [2.45, 2.75) is 56.2 Å². The van der Waals surface area contributed by atoms with Gasteiger partial charge >= 0.3 is 0 Å². The maximum absolute atomic E-state index is 12.3. The third-order valence-corrected chi connectivity index (χ3v) is 7.12. The van der Waals surface area contributed by atoms with Crippen molar-refractivity contribution in [3.05, 3.63) is 15.9 Å². The number of hydrogen-bond donors (Lipinski definition) is 2. The standard InChI is InChI=1S/C14H24BrNO3S2/c1-3-4-5-6-7-11(2)12(10-17)16-21(18,19)14-9-8-13(15)20-14/h8-9,11-12,16-17H,3-7,10H2,1-2H3. The molecule has 122 valence electrons. The van der Waals surface area contributed by atoms with Gasteiger partial charge < -0.3 is 5.11 Å². The number of hydrogen-bond acceptors (Lipinski definition) is 4. The number of thiophene rings is 1. The van der Waals surface area contributed by atoms with Gasteiger partial charge in [-0.15, -0.1) is 11.3 Å². The first-order valence-electron chi connectivity index (χ1n) is 7.29. The van der Waals surface area contributed by atoms with Gasteiger partial charge in [0, 0.05) is 6.04 Å². The summed E-state index contributed by atoms with van der Waals surface area (Å²) in [5, 5.41) is 9.48. The summed E-state index contributed by atoms with van der Waals surface area (Å²) in [6.45, 7) is 3.97. The zero-order chi connectivity index (χ0) is 15.9. The predicted octanol–water partition coefficient (Wildman–Crippen LogP) is 3.76. The molecule has 0 bridgehead atoms. The van der Waals surface area contributed by atoms with E-state index in [1.54, 1.807) is 12.1 Å². The van der Waals surface area contributed by atoms with Crippen LogP contribution in [-0.2, 0) is 10.0 Å². The van der Waals surface area contributed by atoms with Gasteiger partial charge in [0.2, 0.25) is 10.0 Å². The third-order valence-electron chi connectivity index (χ3n) is 3.52. The normalized spacial score (nSPS) is 15.0. The highest BCUT2D eigenvalue weighted by atomic mass is 79.9. The van der Waals surface area contributed by atoms with Gasteiger partial charge in [0.05, 0.1) is 10.4 Å². The minimum Gasteiger partial charge on any atom is -0.395 e. The van der Waals surface area contributed by atoms with Gasteiger partial charge in [-0.1, -0.05) is 39.5 Å². The molecule has 2 atom stereocenters. The molecule has 1 aromatic rings. The van der Waals surface area contributed by atoms with Gasteiger partial charge in [0.25, 0.3) is 0 Å². The maximum Gasteiger partial charge on any atom is 0.250 e. The first kappa shape index (κ1) is 19.1. The number of aliphatic hydroxyl groups excluding tert-OH is 1. The summed E-state index contributed by atoms with van der Waals surface area (Å²) >= 11 is 4.43. The maximum atomic E-state index is 12.3. The van der Waals surface area contributed by atoms with Gasteiger partial charge in [0.15, 0.2) is 0 Å². The summed E-state index contributed by atoms with van der Waals surface area (Å²) in [6, 6.07) is 2.84. The molecule has 0 radical (unpaired) electrons. The average molecular weight is 398 g/mol. The van der Waals surface area contributed by atoms with Crippen LogP contribution in [0.2, 0.25) is 0 Å². The van der Waals surface area contributed by atoms with Crippen molar-refractivity contribution in [3.8, 4) is 0 Å². The van der Waals surface area contributed by atoms with Crippen molar-refractivity contribution in [2.24, 2.45) is 5.92 Å². The molecule has 0 aromatic carbocycles. The van der Waals surface area contributed by atoms with Gasteiger partial charge in [-0.25, -0.2) is 13.1 Å². The molecule has 0 saturated carbocycles. The van der Waals surface area contributed by atoms with Crippen LogP contribution >= 0.6 is 27.3 Å². The van der Waals surface area contributed by atoms with Crippen molar-refractivity contribution < 1.29 is 13.5 Å². The minimum atomic E-state index is -3.55. The number of rotatable bonds is 10. The van der Waals surface area contributed by atoms with Crippen LogP contribution in [0.4, 0.5) is 0 Å². The van der Waals surface area contributed by atoms with Crippen LogP contribution in [0.5, 0.6) is 0 Å². The topological polar surface area (TPSA) is 66.4 Å². The Balaban J connectivity index is 2.60. The fourth-order valence-electron chi connectivity index (χ4n) is 2.13. The molecular weight excluding hydrogens is 374 g/mol. The molecule has 0 saturated heterocycles. The molecule has 7 heteroatoms. The predicted molar refractivity (Wildman–Crippen MR) is 91.1 cm³/mol. The monoisotopic (exact) mass is 397 g/mol. The smallest absolute Gasteiger partial charge is 0.250 e. The fraction of sp³-hybridized carbons (Fsp3) is 0.714. The van der Waals surface area contributed by atoms with Crippen LogP contribution < -0.4 is 4.72 Å². The van der Waals surface area contributed by atoms with Crippen LogP contribution in [0.25, 0.3) is 0 Å². The second-order valence-corrected chi connectivity index (χ2v) is 9.70. The van der Waals surface area contributed by atoms with Crippen molar-refractivity contribution in [1.29, 1.82) is 0 Å². The van der Waals surface area contributed by atoms with E-state index in [2.05, 4.69) is 27.6 Å². The Morgan fingerprint density at radius 1 is 1.33 bits per heavy atom. The Bertz CT molecular complexity index is 516. The number of nitrogens with one attached hydrogen (secondary N) is 1. The lowest BCUT2D eigenvalue weighted by molar-refractivity contribution is 0.214. The first-order valence-corrected chi connectivity index (χ1v) is 10.4. The lowest BCUT2D eigenvalue weighted by Crippen LogP contribution is -2.41. The average Bonchev–Trinajstić information content (AvgIpc) is 2.88. The quantitative estimate of drug-likeness (QED) is 0.590. The van der Waals surface area contributed by atoms with Crippen LogP contribution in [0.15, 0.2) is 20.1 Å². The van der Waals surface area contributed by atoms with Crippen LogP contribution in [-0.4, -0.2) is 26.2 Å². The van der Waals surface area contributed by atoms with E-state index in [4.69, 9.17) is 0 Å². The van der Waals surface area contributed by atoms with Crippen LogP contribution in [0.1, 0.15) is 46.0 Å². The van der Waals surface area contributed by atoms with E-state index in [0.29, 0.717) is 0 Å². The third kappa shape index (κ3) is 6.36. The number of aliphatic hydroxyl groups is 1. The molecule has 1 heterocycles. The molecule has 0 aliphatic rings. The van der Waals surface area contributed by atoms with Crippen molar-refractivity contribution in [1.82, 2.24) is 4.72 Å². The SMILES string of the molecule is CCCCCCC(C)C(CO)NS(=O)(=O)c1ccc(Br)s1. The lowest BCUT2D eigenvalue weighted by Gasteiger charge is -2.22. The summed E-state index contributed by atoms with van der Waals surface area (Å²) in [5.74, 6) is 0.116. The molecule has 2 unspecified atom stereocenters. The molecule has 0 fully saturated rings. The van der Waals surface area contributed by atoms with E-state index in [0.717, 1.165) is 23.0 Å². The van der Waals surface area contributed by atoms with Gasteiger partial charge in [0.1, 0.15) is 4.21 Å². The van der Waals surface area contributed by atoms with Crippen LogP contribution in [0.3, 0.4) is 0 Å². The van der Waals surface area contributed by atoms with Crippen molar-refractivity contribution >= 4 is 37.3 Å². The zero-order valence-corrected chi connectivity index (χ0v) is 15.7. The molecule has 0 amide bonds. The zero-order valence-electron chi connectivity index (χ0n) is 12.5. The Morgan fingerprint density at radius 3 is 2.57 bits per heavy atom. The number of sulfonamides is 1. The largest absolute Gasteiger partial charge is 0.395 e. The Morgan fingerprint density at radius 2 is 2.05 bits per heavy atom. The van der Waals surface area contributed by atoms with E-state index in [-0.39, 0.29) is 16.7 Å².